The highest BCUT2D eigenvalue weighted by Crippen LogP contribution is 2.29. The predicted octanol–water partition coefficient (Wildman–Crippen LogP) is 4.50. The maximum atomic E-state index is 12.9. The molecule has 0 fully saturated rings. The standard InChI is InChI=1S/C20H19F3N6OS2/c1-10-14(11(2)29-19(25-10)27-18(28-29)20(21,22)23)5-7-17(30)24-8-13-4-6-16(32-13)15-9-31-12(3)26-15/h4,6,9H,5,7-8H2,1-3H3,(H,24,30). The van der Waals surface area contributed by atoms with Crippen LogP contribution in [0.2, 0.25) is 0 Å². The Balaban J connectivity index is 1.39. The Morgan fingerprint density at radius 1 is 1.16 bits per heavy atom. The summed E-state index contributed by atoms with van der Waals surface area (Å²) >= 11 is 3.17. The number of aromatic nitrogens is 5. The lowest BCUT2D eigenvalue weighted by Crippen LogP contribution is -2.23. The first-order chi connectivity index (χ1) is 15.1. The van der Waals surface area contributed by atoms with E-state index in [1.807, 2.05) is 24.4 Å². The zero-order valence-electron chi connectivity index (χ0n) is 17.4. The van der Waals surface area contributed by atoms with E-state index < -0.39 is 12.0 Å². The van der Waals surface area contributed by atoms with Gasteiger partial charge in [-0.3, -0.25) is 4.79 Å². The van der Waals surface area contributed by atoms with Gasteiger partial charge >= 0.3 is 6.18 Å². The van der Waals surface area contributed by atoms with Crippen molar-refractivity contribution in [2.45, 2.75) is 46.3 Å². The Bertz CT molecular complexity index is 1290. The molecule has 4 aromatic heterocycles. The molecule has 0 atom stereocenters. The summed E-state index contributed by atoms with van der Waals surface area (Å²) in [5, 5.41) is 9.43. The first-order valence-electron chi connectivity index (χ1n) is 9.70. The van der Waals surface area contributed by atoms with Crippen molar-refractivity contribution in [2.24, 2.45) is 0 Å². The van der Waals surface area contributed by atoms with Crippen LogP contribution in [0.25, 0.3) is 16.3 Å². The normalized spacial score (nSPS) is 11.9. The molecule has 1 N–H and O–H groups in total. The molecule has 12 heteroatoms. The van der Waals surface area contributed by atoms with Gasteiger partial charge in [-0.2, -0.15) is 18.2 Å². The number of alkyl halides is 3. The molecule has 4 heterocycles. The largest absolute Gasteiger partial charge is 0.453 e. The average Bonchev–Trinajstić information content (AvgIpc) is 3.44. The number of amides is 1. The summed E-state index contributed by atoms with van der Waals surface area (Å²) < 4.78 is 39.8. The third-order valence-corrected chi connectivity index (χ3v) is 6.78. The number of nitrogens with zero attached hydrogens (tertiary/aromatic N) is 5. The summed E-state index contributed by atoms with van der Waals surface area (Å²) in [6.07, 6.45) is -4.13. The van der Waals surface area contributed by atoms with Crippen molar-refractivity contribution in [3.05, 3.63) is 50.2 Å². The van der Waals surface area contributed by atoms with Crippen LogP contribution in [0.4, 0.5) is 13.2 Å². The van der Waals surface area contributed by atoms with Gasteiger partial charge in [0.05, 0.1) is 22.1 Å². The number of halogens is 3. The molecule has 0 aliphatic rings. The van der Waals surface area contributed by atoms with E-state index in [4.69, 9.17) is 0 Å². The smallest absolute Gasteiger partial charge is 0.351 e. The SMILES string of the molecule is Cc1nc(-c2ccc(CNC(=O)CCc3c(C)nc4nc(C(F)(F)F)nn4c3C)s2)cs1. The number of thiophene rings is 1. The molecule has 4 aromatic rings. The molecule has 7 nitrogen and oxygen atoms in total. The third kappa shape index (κ3) is 4.65. The van der Waals surface area contributed by atoms with Crippen molar-refractivity contribution in [1.82, 2.24) is 29.9 Å². The van der Waals surface area contributed by atoms with Crippen LogP contribution < -0.4 is 5.32 Å². The monoisotopic (exact) mass is 480 g/mol. The van der Waals surface area contributed by atoms with Crippen molar-refractivity contribution in [2.75, 3.05) is 0 Å². The van der Waals surface area contributed by atoms with Crippen LogP contribution in [0.15, 0.2) is 17.5 Å². The van der Waals surface area contributed by atoms with E-state index in [2.05, 4.69) is 25.4 Å². The second-order valence-corrected chi connectivity index (χ2v) is 9.43. The average molecular weight is 481 g/mol. The Labute approximate surface area is 189 Å². The van der Waals surface area contributed by atoms with Crippen LogP contribution in [0.5, 0.6) is 0 Å². The lowest BCUT2D eigenvalue weighted by atomic mass is 10.1. The van der Waals surface area contributed by atoms with Gasteiger partial charge in [0, 0.05) is 28.1 Å². The Morgan fingerprint density at radius 2 is 1.94 bits per heavy atom. The van der Waals surface area contributed by atoms with Gasteiger partial charge in [0.25, 0.3) is 11.6 Å². The summed E-state index contributed by atoms with van der Waals surface area (Å²) in [6.45, 7) is 5.70. The van der Waals surface area contributed by atoms with Crippen LogP contribution >= 0.6 is 22.7 Å². The van der Waals surface area contributed by atoms with Crippen molar-refractivity contribution in [3.8, 4) is 10.6 Å². The van der Waals surface area contributed by atoms with Gasteiger partial charge in [-0.1, -0.05) is 0 Å². The first-order valence-corrected chi connectivity index (χ1v) is 11.4. The van der Waals surface area contributed by atoms with Gasteiger partial charge < -0.3 is 5.32 Å². The van der Waals surface area contributed by atoms with E-state index in [0.717, 1.165) is 25.0 Å². The Kier molecular flexibility index (Phi) is 5.99. The molecule has 0 radical (unpaired) electrons. The van der Waals surface area contributed by atoms with Crippen LogP contribution in [0, 0.1) is 20.8 Å². The molecule has 0 bridgehead atoms. The lowest BCUT2D eigenvalue weighted by Gasteiger charge is -2.10. The van der Waals surface area contributed by atoms with Crippen LogP contribution in [0.1, 0.15) is 39.1 Å². The maximum absolute atomic E-state index is 12.9. The van der Waals surface area contributed by atoms with E-state index in [0.29, 0.717) is 29.9 Å². The molecule has 4 rings (SSSR count). The third-order valence-electron chi connectivity index (χ3n) is 4.90. The number of thiazole rings is 1. The fourth-order valence-electron chi connectivity index (χ4n) is 3.29. The highest BCUT2D eigenvalue weighted by Gasteiger charge is 2.37. The molecular formula is C20H19F3N6OS2. The highest BCUT2D eigenvalue weighted by atomic mass is 32.1. The van der Waals surface area contributed by atoms with Crippen molar-refractivity contribution in [3.63, 3.8) is 0 Å². The molecule has 0 aliphatic carbocycles. The zero-order valence-corrected chi connectivity index (χ0v) is 19.1. The maximum Gasteiger partial charge on any atom is 0.453 e. The van der Waals surface area contributed by atoms with Gasteiger partial charge in [0.15, 0.2) is 0 Å². The molecule has 0 unspecified atom stereocenters. The number of hydrogen-bond acceptors (Lipinski definition) is 7. The topological polar surface area (TPSA) is 85.1 Å². The van der Waals surface area contributed by atoms with Crippen LogP contribution in [0.3, 0.4) is 0 Å². The fourth-order valence-corrected chi connectivity index (χ4v) is 4.89. The number of carbonyl (C=O) groups excluding carboxylic acids is 1. The summed E-state index contributed by atoms with van der Waals surface area (Å²) in [6, 6.07) is 3.95. The molecule has 0 aliphatic heterocycles. The van der Waals surface area contributed by atoms with Gasteiger partial charge in [-0.15, -0.1) is 27.8 Å². The second-order valence-electron chi connectivity index (χ2n) is 7.20. The van der Waals surface area contributed by atoms with E-state index >= 15 is 0 Å². The minimum absolute atomic E-state index is 0.107. The molecule has 0 saturated carbocycles. The van der Waals surface area contributed by atoms with Crippen LogP contribution in [-0.4, -0.2) is 30.5 Å². The molecule has 32 heavy (non-hydrogen) atoms. The zero-order chi connectivity index (χ0) is 23.0. The molecule has 0 spiro atoms. The van der Waals surface area contributed by atoms with E-state index in [1.54, 1.807) is 36.5 Å². The van der Waals surface area contributed by atoms with Gasteiger partial charge in [0.2, 0.25) is 5.91 Å². The van der Waals surface area contributed by atoms with Gasteiger partial charge in [-0.25, -0.2) is 14.5 Å². The summed E-state index contributed by atoms with van der Waals surface area (Å²) in [4.78, 5) is 26.5. The number of nitrogens with one attached hydrogen (secondary N) is 1. The molecule has 168 valence electrons. The van der Waals surface area contributed by atoms with Crippen molar-refractivity contribution < 1.29 is 18.0 Å². The number of aryl methyl sites for hydroxylation is 3. The minimum Gasteiger partial charge on any atom is -0.351 e. The lowest BCUT2D eigenvalue weighted by molar-refractivity contribution is -0.144. The number of fused-ring (bicyclic) bond motifs is 1. The van der Waals surface area contributed by atoms with Gasteiger partial charge in [0.1, 0.15) is 0 Å². The molecule has 0 aromatic carbocycles. The second kappa shape index (κ2) is 8.58. The molecule has 0 saturated heterocycles. The van der Waals surface area contributed by atoms with Crippen molar-refractivity contribution >= 4 is 34.4 Å². The van der Waals surface area contributed by atoms with E-state index in [1.165, 1.54) is 0 Å². The summed E-state index contributed by atoms with van der Waals surface area (Å²) in [5.41, 5.74) is 2.64. The Hall–Kier alpha value is -2.86. The predicted molar refractivity (Wildman–Crippen MR) is 116 cm³/mol. The van der Waals surface area contributed by atoms with E-state index in [9.17, 15) is 18.0 Å². The molecular weight excluding hydrogens is 461 g/mol. The summed E-state index contributed by atoms with van der Waals surface area (Å²) in [7, 11) is 0. The van der Waals surface area contributed by atoms with Crippen LogP contribution in [-0.2, 0) is 23.9 Å². The quantitative estimate of drug-likeness (QED) is 0.439. The fraction of sp³-hybridized carbons (Fsp3) is 0.350. The summed E-state index contributed by atoms with van der Waals surface area (Å²) in [5.74, 6) is -1.49. The number of rotatable bonds is 6. The van der Waals surface area contributed by atoms with Gasteiger partial charge in [-0.05, 0) is 44.9 Å². The minimum atomic E-state index is -4.64. The number of hydrogen-bond donors (Lipinski definition) is 1. The molecule has 1 amide bonds. The van der Waals surface area contributed by atoms with E-state index in [-0.39, 0.29) is 18.1 Å². The highest BCUT2D eigenvalue weighted by molar-refractivity contribution is 7.16. The first kappa shape index (κ1) is 22.3. The number of carbonyl (C=O) groups is 1. The van der Waals surface area contributed by atoms with Crippen molar-refractivity contribution in [1.29, 1.82) is 0 Å². The Morgan fingerprint density at radius 3 is 2.62 bits per heavy atom.